The molecule has 1 aromatic carbocycles. The van der Waals surface area contributed by atoms with Crippen LogP contribution in [0.25, 0.3) is 0 Å². The topological polar surface area (TPSA) is 27.7 Å². The van der Waals surface area contributed by atoms with Crippen molar-refractivity contribution in [3.63, 3.8) is 0 Å². The Labute approximate surface area is 165 Å². The van der Waals surface area contributed by atoms with E-state index in [1.807, 2.05) is 0 Å². The van der Waals surface area contributed by atoms with Gasteiger partial charge in [-0.25, -0.2) is 0 Å². The van der Waals surface area contributed by atoms with Crippen LogP contribution in [0.1, 0.15) is 43.7 Å². The van der Waals surface area contributed by atoms with E-state index in [1.54, 1.807) is 0 Å². The van der Waals surface area contributed by atoms with Gasteiger partial charge in [-0.1, -0.05) is 38.1 Å². The maximum Gasteiger partial charge on any atom is 0.0594 e. The molecule has 5 heteroatoms. The third-order valence-electron chi connectivity index (χ3n) is 5.63. The Balaban J connectivity index is 0.00000243. The first kappa shape index (κ1) is 21.6. The van der Waals surface area contributed by atoms with Gasteiger partial charge in [0.05, 0.1) is 13.2 Å². The molecule has 2 aliphatic heterocycles. The number of piperidine rings is 1. The zero-order valence-electron chi connectivity index (χ0n) is 16.5. The summed E-state index contributed by atoms with van der Waals surface area (Å²) >= 11 is 0. The summed E-state index contributed by atoms with van der Waals surface area (Å²) < 4.78 is 5.48. The average molecular weight is 382 g/mol. The van der Waals surface area contributed by atoms with Gasteiger partial charge in [-0.05, 0) is 36.4 Å². The number of hydrogen-bond donors (Lipinski definition) is 1. The lowest BCUT2D eigenvalue weighted by Gasteiger charge is -2.37. The predicted octanol–water partition coefficient (Wildman–Crippen LogP) is 3.12. The highest BCUT2D eigenvalue weighted by Gasteiger charge is 2.22. The largest absolute Gasteiger partial charge is 0.379 e. The Bertz CT molecular complexity index is 496. The van der Waals surface area contributed by atoms with Gasteiger partial charge in [0.15, 0.2) is 0 Å². The molecule has 0 aromatic heterocycles. The Morgan fingerprint density at radius 2 is 1.92 bits per heavy atom. The minimum Gasteiger partial charge on any atom is -0.379 e. The number of ether oxygens (including phenoxy) is 1. The van der Waals surface area contributed by atoms with Gasteiger partial charge >= 0.3 is 0 Å². The summed E-state index contributed by atoms with van der Waals surface area (Å²) in [5.41, 5.74) is 2.87. The average Bonchev–Trinajstić information content (AvgIpc) is 2.67. The molecule has 1 N–H and O–H groups in total. The summed E-state index contributed by atoms with van der Waals surface area (Å²) in [7, 11) is 0. The fraction of sp³-hybridized carbons (Fsp3) is 0.714. The molecule has 2 aliphatic rings. The zero-order valence-corrected chi connectivity index (χ0v) is 17.3. The second kappa shape index (κ2) is 11.3. The first-order valence-electron chi connectivity index (χ1n) is 10.1. The first-order valence-corrected chi connectivity index (χ1v) is 10.1. The van der Waals surface area contributed by atoms with Gasteiger partial charge in [-0.3, -0.25) is 9.80 Å². The Kier molecular flexibility index (Phi) is 9.37. The lowest BCUT2D eigenvalue weighted by Crippen LogP contribution is -2.49. The van der Waals surface area contributed by atoms with E-state index in [0.29, 0.717) is 12.0 Å². The van der Waals surface area contributed by atoms with Gasteiger partial charge < -0.3 is 10.1 Å². The third-order valence-corrected chi connectivity index (χ3v) is 5.63. The van der Waals surface area contributed by atoms with Gasteiger partial charge in [0.2, 0.25) is 0 Å². The molecule has 0 bridgehead atoms. The zero-order chi connectivity index (χ0) is 17.5. The molecule has 2 fully saturated rings. The fourth-order valence-corrected chi connectivity index (χ4v) is 3.87. The Hall–Kier alpha value is -0.650. The molecular weight excluding hydrogens is 346 g/mol. The number of hydrogen-bond acceptors (Lipinski definition) is 4. The first-order chi connectivity index (χ1) is 12.2. The molecule has 1 atom stereocenters. The molecule has 0 amide bonds. The van der Waals surface area contributed by atoms with Crippen LogP contribution in [-0.2, 0) is 11.3 Å². The molecule has 3 rings (SSSR count). The second-order valence-electron chi connectivity index (χ2n) is 7.82. The van der Waals surface area contributed by atoms with Gasteiger partial charge in [0.25, 0.3) is 0 Å². The van der Waals surface area contributed by atoms with Crippen molar-refractivity contribution in [3.05, 3.63) is 35.4 Å². The third kappa shape index (κ3) is 6.50. The molecule has 4 nitrogen and oxygen atoms in total. The van der Waals surface area contributed by atoms with Crippen LogP contribution < -0.4 is 5.32 Å². The molecule has 1 unspecified atom stereocenters. The standard InChI is InChI=1S/C21H35N3O.ClH/c1-18(2)20-7-5-19(6-8-20)17-24(21-4-3-9-22-16-21)11-10-23-12-14-25-15-13-23;/h5-8,18,21-22H,3-4,9-17H2,1-2H3;1H. The maximum absolute atomic E-state index is 5.48. The van der Waals surface area contributed by atoms with E-state index in [0.717, 1.165) is 52.5 Å². The van der Waals surface area contributed by atoms with E-state index in [-0.39, 0.29) is 12.4 Å². The van der Waals surface area contributed by atoms with Crippen LogP contribution in [0.15, 0.2) is 24.3 Å². The molecular formula is C21H36ClN3O. The molecule has 148 valence electrons. The minimum absolute atomic E-state index is 0. The van der Waals surface area contributed by atoms with Gasteiger partial charge in [0, 0.05) is 45.3 Å². The van der Waals surface area contributed by atoms with Crippen LogP contribution in [0, 0.1) is 0 Å². The van der Waals surface area contributed by atoms with Gasteiger partial charge in [-0.15, -0.1) is 12.4 Å². The van der Waals surface area contributed by atoms with Gasteiger partial charge in [0.1, 0.15) is 0 Å². The Morgan fingerprint density at radius 3 is 2.54 bits per heavy atom. The van der Waals surface area contributed by atoms with Crippen molar-refractivity contribution in [1.82, 2.24) is 15.1 Å². The molecule has 0 saturated carbocycles. The number of benzene rings is 1. The highest BCUT2D eigenvalue weighted by atomic mass is 35.5. The van der Waals surface area contributed by atoms with Crippen molar-refractivity contribution in [1.29, 1.82) is 0 Å². The molecule has 2 heterocycles. The number of rotatable bonds is 7. The summed E-state index contributed by atoms with van der Waals surface area (Å²) in [5.74, 6) is 0.606. The molecule has 1 aromatic rings. The van der Waals surface area contributed by atoms with Crippen LogP contribution in [0.5, 0.6) is 0 Å². The van der Waals surface area contributed by atoms with Crippen LogP contribution in [0.2, 0.25) is 0 Å². The van der Waals surface area contributed by atoms with Crippen molar-refractivity contribution in [3.8, 4) is 0 Å². The van der Waals surface area contributed by atoms with Crippen LogP contribution in [0.4, 0.5) is 0 Å². The lowest BCUT2D eigenvalue weighted by atomic mass is 10.0. The number of nitrogens with zero attached hydrogens (tertiary/aromatic N) is 2. The lowest BCUT2D eigenvalue weighted by molar-refractivity contribution is 0.0290. The summed E-state index contributed by atoms with van der Waals surface area (Å²) in [6, 6.07) is 9.93. The van der Waals surface area contributed by atoms with Crippen molar-refractivity contribution in [2.45, 2.75) is 45.2 Å². The predicted molar refractivity (Wildman–Crippen MR) is 111 cm³/mol. The highest BCUT2D eigenvalue weighted by Crippen LogP contribution is 2.18. The monoisotopic (exact) mass is 381 g/mol. The SMILES string of the molecule is CC(C)c1ccc(CN(CCN2CCOCC2)C2CCCNC2)cc1.Cl. The van der Waals surface area contributed by atoms with Crippen molar-refractivity contribution < 1.29 is 4.74 Å². The summed E-state index contributed by atoms with van der Waals surface area (Å²) in [6.07, 6.45) is 2.62. The number of halogens is 1. The van der Waals surface area contributed by atoms with Crippen LogP contribution >= 0.6 is 12.4 Å². The van der Waals surface area contributed by atoms with Crippen molar-refractivity contribution in [2.75, 3.05) is 52.5 Å². The van der Waals surface area contributed by atoms with Crippen molar-refractivity contribution in [2.24, 2.45) is 0 Å². The molecule has 0 spiro atoms. The smallest absolute Gasteiger partial charge is 0.0594 e. The highest BCUT2D eigenvalue weighted by molar-refractivity contribution is 5.85. The summed E-state index contributed by atoms with van der Waals surface area (Å²) in [6.45, 7) is 14.2. The summed E-state index contributed by atoms with van der Waals surface area (Å²) in [5, 5.41) is 3.59. The van der Waals surface area contributed by atoms with Crippen molar-refractivity contribution >= 4 is 12.4 Å². The number of morpholine rings is 1. The molecule has 0 aliphatic carbocycles. The quantitative estimate of drug-likeness (QED) is 0.785. The van der Waals surface area contributed by atoms with E-state index in [4.69, 9.17) is 4.74 Å². The number of nitrogens with one attached hydrogen (secondary N) is 1. The van der Waals surface area contributed by atoms with E-state index in [2.05, 4.69) is 53.2 Å². The minimum atomic E-state index is 0. The van der Waals surface area contributed by atoms with Gasteiger partial charge in [-0.2, -0.15) is 0 Å². The maximum atomic E-state index is 5.48. The molecule has 0 radical (unpaired) electrons. The molecule has 2 saturated heterocycles. The fourth-order valence-electron chi connectivity index (χ4n) is 3.87. The normalized spacial score (nSPS) is 21.8. The second-order valence-corrected chi connectivity index (χ2v) is 7.82. The summed E-state index contributed by atoms with van der Waals surface area (Å²) in [4.78, 5) is 5.25. The van der Waals surface area contributed by atoms with Crippen LogP contribution in [0.3, 0.4) is 0 Å². The van der Waals surface area contributed by atoms with E-state index in [9.17, 15) is 0 Å². The van der Waals surface area contributed by atoms with E-state index < -0.39 is 0 Å². The van der Waals surface area contributed by atoms with Crippen LogP contribution in [-0.4, -0.2) is 68.3 Å². The molecule has 26 heavy (non-hydrogen) atoms. The van der Waals surface area contributed by atoms with E-state index >= 15 is 0 Å². The Morgan fingerprint density at radius 1 is 1.19 bits per heavy atom. The van der Waals surface area contributed by atoms with E-state index in [1.165, 1.54) is 30.5 Å².